The van der Waals surface area contributed by atoms with Crippen molar-refractivity contribution in [2.45, 2.75) is 65.4 Å². The molecular weight excluding hydrogens is 198 g/mol. The molecule has 96 valence electrons. The Balaban J connectivity index is 2.57. The number of rotatable bonds is 4. The molecule has 1 saturated carbocycles. The molecule has 16 heavy (non-hydrogen) atoms. The van der Waals surface area contributed by atoms with Crippen molar-refractivity contribution < 1.29 is 5.11 Å². The first-order valence-electron chi connectivity index (χ1n) is 6.78. The molecule has 0 aromatic carbocycles. The smallest absolute Gasteiger partial charge is 0.0685 e. The largest absolute Gasteiger partial charge is 0.390 e. The van der Waals surface area contributed by atoms with Gasteiger partial charge in [0.15, 0.2) is 0 Å². The van der Waals surface area contributed by atoms with Crippen LogP contribution in [0.4, 0.5) is 0 Å². The van der Waals surface area contributed by atoms with E-state index in [1.54, 1.807) is 0 Å². The maximum absolute atomic E-state index is 10.5. The fourth-order valence-electron chi connectivity index (χ4n) is 2.90. The predicted octanol–water partition coefficient (Wildman–Crippen LogP) is 2.94. The monoisotopic (exact) mass is 227 g/mol. The van der Waals surface area contributed by atoms with Gasteiger partial charge in [0.25, 0.3) is 0 Å². The van der Waals surface area contributed by atoms with E-state index in [2.05, 4.69) is 27.7 Å². The van der Waals surface area contributed by atoms with E-state index >= 15 is 0 Å². The van der Waals surface area contributed by atoms with Gasteiger partial charge < -0.3 is 10.8 Å². The first kappa shape index (κ1) is 14.0. The van der Waals surface area contributed by atoms with Crippen LogP contribution in [0, 0.1) is 17.3 Å². The van der Waals surface area contributed by atoms with Crippen LogP contribution in [0.3, 0.4) is 0 Å². The summed E-state index contributed by atoms with van der Waals surface area (Å²) in [6.45, 7) is 9.65. The quantitative estimate of drug-likeness (QED) is 0.775. The molecule has 3 N–H and O–H groups in total. The third-order valence-electron chi connectivity index (χ3n) is 5.14. The van der Waals surface area contributed by atoms with E-state index in [1.165, 1.54) is 6.42 Å². The molecule has 1 aliphatic rings. The lowest BCUT2D eigenvalue weighted by atomic mass is 9.64. The highest BCUT2D eigenvalue weighted by molar-refractivity contribution is 4.93. The summed E-state index contributed by atoms with van der Waals surface area (Å²) in [5, 5.41) is 10.5. The lowest BCUT2D eigenvalue weighted by Crippen LogP contribution is -2.45. The predicted molar refractivity (Wildman–Crippen MR) is 69.2 cm³/mol. The molecule has 0 radical (unpaired) electrons. The SMILES string of the molecule is CCC(C)(C)C1CCC(O)(C(C)CN)CC1. The topological polar surface area (TPSA) is 46.2 Å². The molecule has 1 atom stereocenters. The van der Waals surface area contributed by atoms with Gasteiger partial charge in [0.2, 0.25) is 0 Å². The Morgan fingerprint density at radius 1 is 1.38 bits per heavy atom. The average molecular weight is 227 g/mol. The van der Waals surface area contributed by atoms with E-state index in [9.17, 15) is 5.11 Å². The van der Waals surface area contributed by atoms with Crippen LogP contribution in [0.1, 0.15) is 59.8 Å². The van der Waals surface area contributed by atoms with E-state index in [0.29, 0.717) is 12.0 Å². The Hall–Kier alpha value is -0.0800. The van der Waals surface area contributed by atoms with Crippen LogP contribution < -0.4 is 5.73 Å². The van der Waals surface area contributed by atoms with Crippen LogP contribution in [0.2, 0.25) is 0 Å². The van der Waals surface area contributed by atoms with Gasteiger partial charge in [0, 0.05) is 0 Å². The van der Waals surface area contributed by atoms with Crippen LogP contribution >= 0.6 is 0 Å². The third kappa shape index (κ3) is 2.78. The highest BCUT2D eigenvalue weighted by Crippen LogP contribution is 2.45. The van der Waals surface area contributed by atoms with Crippen LogP contribution in [-0.4, -0.2) is 17.3 Å². The van der Waals surface area contributed by atoms with Gasteiger partial charge in [0.05, 0.1) is 5.60 Å². The van der Waals surface area contributed by atoms with E-state index in [1.807, 2.05) is 0 Å². The summed E-state index contributed by atoms with van der Waals surface area (Å²) in [5.74, 6) is 1.00. The van der Waals surface area contributed by atoms with Crippen LogP contribution in [0.25, 0.3) is 0 Å². The van der Waals surface area contributed by atoms with Gasteiger partial charge in [-0.05, 0) is 49.5 Å². The fourth-order valence-corrected chi connectivity index (χ4v) is 2.90. The summed E-state index contributed by atoms with van der Waals surface area (Å²) in [6.07, 6.45) is 5.39. The number of hydrogen-bond donors (Lipinski definition) is 2. The van der Waals surface area contributed by atoms with Crippen molar-refractivity contribution in [3.05, 3.63) is 0 Å². The zero-order chi connectivity index (χ0) is 12.4. The molecule has 0 aromatic heterocycles. The standard InChI is InChI=1S/C14H29NO/c1-5-13(3,4)12-6-8-14(16,9-7-12)11(2)10-15/h11-12,16H,5-10,15H2,1-4H3. The van der Waals surface area contributed by atoms with Gasteiger partial charge >= 0.3 is 0 Å². The number of nitrogens with two attached hydrogens (primary N) is 1. The molecule has 0 amide bonds. The first-order valence-corrected chi connectivity index (χ1v) is 6.78. The van der Waals surface area contributed by atoms with Crippen molar-refractivity contribution in [3.8, 4) is 0 Å². The van der Waals surface area contributed by atoms with Crippen molar-refractivity contribution in [1.29, 1.82) is 0 Å². The highest BCUT2D eigenvalue weighted by Gasteiger charge is 2.40. The Bertz CT molecular complexity index is 217. The second kappa shape index (κ2) is 5.05. The average Bonchev–Trinajstić information content (AvgIpc) is 2.28. The summed E-state index contributed by atoms with van der Waals surface area (Å²) >= 11 is 0. The van der Waals surface area contributed by atoms with E-state index in [0.717, 1.165) is 31.6 Å². The molecule has 2 heteroatoms. The van der Waals surface area contributed by atoms with Crippen LogP contribution in [-0.2, 0) is 0 Å². The normalized spacial score (nSPS) is 33.8. The van der Waals surface area contributed by atoms with Gasteiger partial charge in [-0.3, -0.25) is 0 Å². The summed E-state index contributed by atoms with van der Waals surface area (Å²) in [7, 11) is 0. The summed E-state index contributed by atoms with van der Waals surface area (Å²) in [4.78, 5) is 0. The van der Waals surface area contributed by atoms with E-state index in [4.69, 9.17) is 5.73 Å². The third-order valence-corrected chi connectivity index (χ3v) is 5.14. The minimum Gasteiger partial charge on any atom is -0.390 e. The van der Waals surface area contributed by atoms with E-state index in [-0.39, 0.29) is 5.92 Å². The van der Waals surface area contributed by atoms with Gasteiger partial charge in [-0.15, -0.1) is 0 Å². The van der Waals surface area contributed by atoms with Crippen molar-refractivity contribution >= 4 is 0 Å². The Labute approximate surface area is 101 Å². The summed E-state index contributed by atoms with van der Waals surface area (Å²) in [5.41, 5.74) is 5.61. The molecule has 0 heterocycles. The molecule has 1 rings (SSSR count). The minimum atomic E-state index is -0.491. The van der Waals surface area contributed by atoms with Crippen LogP contribution in [0.5, 0.6) is 0 Å². The number of hydrogen-bond acceptors (Lipinski definition) is 2. The number of aliphatic hydroxyl groups is 1. The molecule has 0 aliphatic heterocycles. The fraction of sp³-hybridized carbons (Fsp3) is 1.00. The van der Waals surface area contributed by atoms with Gasteiger partial charge in [-0.1, -0.05) is 34.1 Å². The Morgan fingerprint density at radius 3 is 2.25 bits per heavy atom. The molecule has 2 nitrogen and oxygen atoms in total. The van der Waals surface area contributed by atoms with Crippen molar-refractivity contribution in [2.75, 3.05) is 6.54 Å². The highest BCUT2D eigenvalue weighted by atomic mass is 16.3. The van der Waals surface area contributed by atoms with Crippen LogP contribution in [0.15, 0.2) is 0 Å². The van der Waals surface area contributed by atoms with Crippen molar-refractivity contribution in [3.63, 3.8) is 0 Å². The second-order valence-electron chi connectivity index (χ2n) is 6.36. The zero-order valence-corrected chi connectivity index (χ0v) is 11.4. The minimum absolute atomic E-state index is 0.234. The van der Waals surface area contributed by atoms with Crippen molar-refractivity contribution in [1.82, 2.24) is 0 Å². The van der Waals surface area contributed by atoms with Crippen molar-refractivity contribution in [2.24, 2.45) is 23.0 Å². The zero-order valence-electron chi connectivity index (χ0n) is 11.4. The molecule has 0 spiro atoms. The first-order chi connectivity index (χ1) is 7.35. The maximum Gasteiger partial charge on any atom is 0.0685 e. The lowest BCUT2D eigenvalue weighted by molar-refractivity contribution is -0.0639. The van der Waals surface area contributed by atoms with Gasteiger partial charge in [-0.25, -0.2) is 0 Å². The molecule has 1 unspecified atom stereocenters. The Kier molecular flexibility index (Phi) is 4.42. The van der Waals surface area contributed by atoms with Gasteiger partial charge in [0.1, 0.15) is 0 Å². The lowest BCUT2D eigenvalue weighted by Gasteiger charge is -2.44. The summed E-state index contributed by atoms with van der Waals surface area (Å²) < 4.78 is 0. The van der Waals surface area contributed by atoms with E-state index < -0.39 is 5.60 Å². The summed E-state index contributed by atoms with van der Waals surface area (Å²) in [6, 6.07) is 0. The molecule has 1 aliphatic carbocycles. The molecular formula is C14H29NO. The molecule has 0 aromatic rings. The Morgan fingerprint density at radius 2 is 1.88 bits per heavy atom. The molecule has 1 fully saturated rings. The maximum atomic E-state index is 10.5. The van der Waals surface area contributed by atoms with Gasteiger partial charge in [-0.2, -0.15) is 0 Å². The molecule has 0 bridgehead atoms. The molecule has 0 saturated heterocycles. The second-order valence-corrected chi connectivity index (χ2v) is 6.36.